The lowest BCUT2D eigenvalue weighted by Crippen LogP contribution is -2.61. The summed E-state index contributed by atoms with van der Waals surface area (Å²) < 4.78 is 40.7. The molecule has 0 radical (unpaired) electrons. The van der Waals surface area contributed by atoms with E-state index in [2.05, 4.69) is 37.9 Å². The number of alkyl halides is 3. The van der Waals surface area contributed by atoms with Crippen LogP contribution in [-0.2, 0) is 4.74 Å². The van der Waals surface area contributed by atoms with Crippen LogP contribution in [0.2, 0.25) is 0 Å². The Hall–Kier alpha value is -0.330. The summed E-state index contributed by atoms with van der Waals surface area (Å²) in [6, 6.07) is 0.459. The first-order valence-corrected chi connectivity index (χ1v) is 7.73. The smallest absolute Gasteiger partial charge is 0.372 e. The minimum absolute atomic E-state index is 0.0559. The number of halogens is 3. The first kappa shape index (κ1) is 18.7. The summed E-state index contributed by atoms with van der Waals surface area (Å²) in [6.45, 7) is 10.4. The van der Waals surface area contributed by atoms with E-state index in [4.69, 9.17) is 4.74 Å². The Morgan fingerprint density at radius 3 is 2.57 bits per heavy atom. The number of piperazine rings is 1. The second-order valence-electron chi connectivity index (χ2n) is 7.04. The molecule has 0 aromatic rings. The highest BCUT2D eigenvalue weighted by Crippen LogP contribution is 2.20. The summed E-state index contributed by atoms with van der Waals surface area (Å²) in [5.74, 6) is 0.613. The average molecular weight is 310 g/mol. The van der Waals surface area contributed by atoms with E-state index in [-0.39, 0.29) is 12.1 Å². The van der Waals surface area contributed by atoms with Gasteiger partial charge in [0.2, 0.25) is 0 Å². The van der Waals surface area contributed by atoms with Gasteiger partial charge in [0, 0.05) is 37.8 Å². The molecule has 0 spiro atoms. The molecular formula is C15H29F3N2O. The second kappa shape index (κ2) is 7.79. The standard InChI is InChI=1S/C15H29F3N2O/c1-12(2)8-13-9-19-14(3,4)10-20(13)6-5-7-21-11-15(16,17)18/h12-13,19H,5-11H2,1-4H3. The monoisotopic (exact) mass is 310 g/mol. The molecule has 6 heteroatoms. The first-order valence-electron chi connectivity index (χ1n) is 7.73. The van der Waals surface area contributed by atoms with Crippen LogP contribution in [0.4, 0.5) is 13.2 Å². The van der Waals surface area contributed by atoms with Gasteiger partial charge in [0.25, 0.3) is 0 Å². The van der Waals surface area contributed by atoms with E-state index < -0.39 is 12.8 Å². The van der Waals surface area contributed by atoms with Crippen LogP contribution < -0.4 is 5.32 Å². The predicted molar refractivity (Wildman–Crippen MR) is 78.4 cm³/mol. The second-order valence-corrected chi connectivity index (χ2v) is 7.04. The van der Waals surface area contributed by atoms with E-state index in [1.54, 1.807) is 0 Å². The van der Waals surface area contributed by atoms with E-state index in [0.29, 0.717) is 18.4 Å². The van der Waals surface area contributed by atoms with Gasteiger partial charge < -0.3 is 10.1 Å². The van der Waals surface area contributed by atoms with Gasteiger partial charge in [-0.25, -0.2) is 0 Å². The molecule has 21 heavy (non-hydrogen) atoms. The zero-order chi connectivity index (χ0) is 16.1. The van der Waals surface area contributed by atoms with Gasteiger partial charge in [0.15, 0.2) is 0 Å². The molecule has 0 saturated carbocycles. The Balaban J connectivity index is 2.36. The number of nitrogens with zero attached hydrogens (tertiary/aromatic N) is 1. The van der Waals surface area contributed by atoms with Crippen molar-refractivity contribution in [2.24, 2.45) is 5.92 Å². The molecule has 0 aromatic carbocycles. The van der Waals surface area contributed by atoms with Crippen molar-refractivity contribution in [3.63, 3.8) is 0 Å². The highest BCUT2D eigenvalue weighted by molar-refractivity contribution is 4.92. The van der Waals surface area contributed by atoms with Crippen molar-refractivity contribution in [2.45, 2.75) is 58.3 Å². The fourth-order valence-corrected chi connectivity index (χ4v) is 2.81. The van der Waals surface area contributed by atoms with Crippen LogP contribution in [0.5, 0.6) is 0 Å². The summed E-state index contributed by atoms with van der Waals surface area (Å²) in [5, 5.41) is 3.54. The van der Waals surface area contributed by atoms with Crippen LogP contribution in [0.3, 0.4) is 0 Å². The van der Waals surface area contributed by atoms with Crippen LogP contribution in [0.15, 0.2) is 0 Å². The summed E-state index contributed by atoms with van der Waals surface area (Å²) in [6.07, 6.45) is -2.48. The molecule has 1 aliphatic rings. The molecule has 126 valence electrons. The summed E-state index contributed by atoms with van der Waals surface area (Å²) in [4.78, 5) is 2.40. The average Bonchev–Trinajstić information content (AvgIpc) is 2.29. The van der Waals surface area contributed by atoms with Crippen molar-refractivity contribution >= 4 is 0 Å². The van der Waals surface area contributed by atoms with E-state index in [1.165, 1.54) is 0 Å². The minimum Gasteiger partial charge on any atom is -0.372 e. The molecule has 1 unspecified atom stereocenters. The Bertz CT molecular complexity index is 306. The van der Waals surface area contributed by atoms with Gasteiger partial charge in [-0.3, -0.25) is 4.90 Å². The van der Waals surface area contributed by atoms with Crippen LogP contribution in [0.1, 0.15) is 40.5 Å². The number of hydrogen-bond donors (Lipinski definition) is 1. The lowest BCUT2D eigenvalue weighted by Gasteiger charge is -2.45. The third-order valence-corrected chi connectivity index (χ3v) is 3.67. The van der Waals surface area contributed by atoms with Gasteiger partial charge >= 0.3 is 6.18 Å². The Morgan fingerprint density at radius 2 is 2.00 bits per heavy atom. The predicted octanol–water partition coefficient (Wildman–Crippen LogP) is 3.05. The number of ether oxygens (including phenoxy) is 1. The highest BCUT2D eigenvalue weighted by atomic mass is 19.4. The SMILES string of the molecule is CC(C)CC1CNC(C)(C)CN1CCCOCC(F)(F)F. The fraction of sp³-hybridized carbons (Fsp3) is 1.00. The molecule has 0 aromatic heterocycles. The Labute approximate surface area is 126 Å². The maximum atomic E-state index is 12.0. The first-order chi connectivity index (χ1) is 9.59. The molecule has 1 N–H and O–H groups in total. The minimum atomic E-state index is -4.22. The molecule has 1 saturated heterocycles. The molecule has 0 bridgehead atoms. The lowest BCUT2D eigenvalue weighted by molar-refractivity contribution is -0.174. The largest absolute Gasteiger partial charge is 0.411 e. The fourth-order valence-electron chi connectivity index (χ4n) is 2.81. The maximum absolute atomic E-state index is 12.0. The summed E-state index contributed by atoms with van der Waals surface area (Å²) >= 11 is 0. The number of nitrogens with one attached hydrogen (secondary N) is 1. The molecular weight excluding hydrogens is 281 g/mol. The van der Waals surface area contributed by atoms with Gasteiger partial charge in [0.05, 0.1) is 0 Å². The zero-order valence-corrected chi connectivity index (χ0v) is 13.6. The van der Waals surface area contributed by atoms with Gasteiger partial charge in [-0.15, -0.1) is 0 Å². The lowest BCUT2D eigenvalue weighted by atomic mass is 9.94. The van der Waals surface area contributed by atoms with Crippen LogP contribution in [0.25, 0.3) is 0 Å². The van der Waals surface area contributed by atoms with E-state index in [0.717, 1.165) is 26.1 Å². The van der Waals surface area contributed by atoms with Crippen molar-refractivity contribution in [1.29, 1.82) is 0 Å². The van der Waals surface area contributed by atoms with E-state index in [1.807, 2.05) is 0 Å². The highest BCUT2D eigenvalue weighted by Gasteiger charge is 2.32. The molecule has 1 heterocycles. The van der Waals surface area contributed by atoms with Gasteiger partial charge in [-0.05, 0) is 32.6 Å². The third kappa shape index (κ3) is 8.02. The Morgan fingerprint density at radius 1 is 1.33 bits per heavy atom. The molecule has 3 nitrogen and oxygen atoms in total. The number of hydrogen-bond acceptors (Lipinski definition) is 3. The molecule has 1 fully saturated rings. The maximum Gasteiger partial charge on any atom is 0.411 e. The zero-order valence-electron chi connectivity index (χ0n) is 13.6. The molecule has 0 amide bonds. The molecule has 1 rings (SSSR count). The summed E-state index contributed by atoms with van der Waals surface area (Å²) in [7, 11) is 0. The Kier molecular flexibility index (Phi) is 6.94. The van der Waals surface area contributed by atoms with Crippen LogP contribution >= 0.6 is 0 Å². The normalized spacial score (nSPS) is 23.7. The van der Waals surface area contributed by atoms with Gasteiger partial charge in [-0.2, -0.15) is 13.2 Å². The molecule has 1 atom stereocenters. The molecule has 1 aliphatic heterocycles. The summed E-state index contributed by atoms with van der Waals surface area (Å²) in [5.41, 5.74) is 0.0559. The van der Waals surface area contributed by atoms with Crippen molar-refractivity contribution < 1.29 is 17.9 Å². The van der Waals surface area contributed by atoms with Gasteiger partial charge in [-0.1, -0.05) is 13.8 Å². The topological polar surface area (TPSA) is 24.5 Å². The van der Waals surface area contributed by atoms with Crippen molar-refractivity contribution in [2.75, 3.05) is 32.8 Å². The van der Waals surface area contributed by atoms with E-state index >= 15 is 0 Å². The van der Waals surface area contributed by atoms with E-state index in [9.17, 15) is 13.2 Å². The van der Waals surface area contributed by atoms with Crippen molar-refractivity contribution in [3.8, 4) is 0 Å². The number of rotatable bonds is 7. The van der Waals surface area contributed by atoms with Crippen molar-refractivity contribution in [3.05, 3.63) is 0 Å². The van der Waals surface area contributed by atoms with Gasteiger partial charge in [0.1, 0.15) is 6.61 Å². The molecule has 0 aliphatic carbocycles. The van der Waals surface area contributed by atoms with Crippen molar-refractivity contribution in [1.82, 2.24) is 10.2 Å². The van der Waals surface area contributed by atoms with Crippen LogP contribution in [0, 0.1) is 5.92 Å². The quantitative estimate of drug-likeness (QED) is 0.732. The van der Waals surface area contributed by atoms with Crippen LogP contribution in [-0.4, -0.2) is 55.5 Å². The third-order valence-electron chi connectivity index (χ3n) is 3.67.